The van der Waals surface area contributed by atoms with E-state index in [9.17, 15) is 5.11 Å². The van der Waals surface area contributed by atoms with Gasteiger partial charge in [0.1, 0.15) is 11.8 Å². The molecule has 0 spiro atoms. The van der Waals surface area contributed by atoms with Crippen molar-refractivity contribution in [1.82, 2.24) is 5.16 Å². The Morgan fingerprint density at radius 3 is 1.96 bits per heavy atom. The monoisotopic (exact) mass is 341 g/mol. The van der Waals surface area contributed by atoms with Crippen LogP contribution in [0, 0.1) is 6.92 Å². The third-order valence-corrected chi connectivity index (χ3v) is 4.48. The van der Waals surface area contributed by atoms with Crippen LogP contribution in [-0.2, 0) is 0 Å². The summed E-state index contributed by atoms with van der Waals surface area (Å²) in [6.45, 7) is 2.03. The molecule has 0 aliphatic rings. The highest BCUT2D eigenvalue weighted by atomic mass is 16.5. The van der Waals surface area contributed by atoms with Gasteiger partial charge in [0.05, 0.1) is 5.56 Å². The number of hydrogen-bond acceptors (Lipinski definition) is 3. The Balaban J connectivity index is 1.89. The van der Waals surface area contributed by atoms with E-state index in [1.807, 2.05) is 91.9 Å². The van der Waals surface area contributed by atoms with Gasteiger partial charge in [-0.2, -0.15) is 0 Å². The summed E-state index contributed by atoms with van der Waals surface area (Å²) >= 11 is 0. The maximum Gasteiger partial charge on any atom is 0.173 e. The zero-order chi connectivity index (χ0) is 17.9. The Kier molecular flexibility index (Phi) is 4.38. The summed E-state index contributed by atoms with van der Waals surface area (Å²) in [5, 5.41) is 15.4. The lowest BCUT2D eigenvalue weighted by Crippen LogP contribution is -2.02. The van der Waals surface area contributed by atoms with E-state index in [-0.39, 0.29) is 0 Å². The lowest BCUT2D eigenvalue weighted by atomic mass is 9.94. The zero-order valence-electron chi connectivity index (χ0n) is 14.5. The summed E-state index contributed by atoms with van der Waals surface area (Å²) in [7, 11) is 0. The third kappa shape index (κ3) is 3.05. The molecular weight excluding hydrogens is 322 g/mol. The number of rotatable bonds is 4. The first-order valence-electron chi connectivity index (χ1n) is 8.59. The van der Waals surface area contributed by atoms with Crippen LogP contribution in [0.3, 0.4) is 0 Å². The largest absolute Gasteiger partial charge is 0.383 e. The second-order valence-corrected chi connectivity index (χ2v) is 6.32. The average Bonchev–Trinajstić information content (AvgIpc) is 3.14. The van der Waals surface area contributed by atoms with Crippen LogP contribution >= 0.6 is 0 Å². The Bertz CT molecular complexity index is 933. The van der Waals surface area contributed by atoms with E-state index in [0.29, 0.717) is 17.0 Å². The van der Waals surface area contributed by atoms with E-state index >= 15 is 0 Å². The van der Waals surface area contributed by atoms with E-state index in [2.05, 4.69) is 5.16 Å². The molecule has 0 saturated heterocycles. The van der Waals surface area contributed by atoms with Crippen LogP contribution < -0.4 is 0 Å². The van der Waals surface area contributed by atoms with Crippen molar-refractivity contribution in [2.24, 2.45) is 0 Å². The number of aliphatic hydroxyl groups is 1. The standard InChI is InChI=1S/C23H19NO2/c1-16-12-14-18(15-13-16)22(25)20-21(17-8-4-2-5-9-17)24-26-23(20)19-10-6-3-7-11-19/h2-15,22,25H,1H3. The first-order chi connectivity index (χ1) is 12.7. The van der Waals surface area contributed by atoms with Crippen LogP contribution in [0.4, 0.5) is 0 Å². The second kappa shape index (κ2) is 6.98. The van der Waals surface area contributed by atoms with Crippen molar-refractivity contribution in [3.8, 4) is 22.6 Å². The van der Waals surface area contributed by atoms with Gasteiger partial charge in [-0.25, -0.2) is 0 Å². The average molecular weight is 341 g/mol. The molecule has 0 saturated carbocycles. The molecule has 0 aliphatic heterocycles. The maximum absolute atomic E-state index is 11.2. The fourth-order valence-corrected chi connectivity index (χ4v) is 3.07. The van der Waals surface area contributed by atoms with Gasteiger partial charge in [-0.05, 0) is 12.5 Å². The molecule has 1 atom stereocenters. The van der Waals surface area contributed by atoms with Gasteiger partial charge in [-0.3, -0.25) is 0 Å². The summed E-state index contributed by atoms with van der Waals surface area (Å²) in [4.78, 5) is 0. The van der Waals surface area contributed by atoms with Crippen LogP contribution in [0.15, 0.2) is 89.5 Å². The Labute approximate surface area is 152 Å². The summed E-state index contributed by atoms with van der Waals surface area (Å²) < 4.78 is 5.69. The summed E-state index contributed by atoms with van der Waals surface area (Å²) in [5.41, 5.74) is 5.12. The molecular formula is C23H19NO2. The van der Waals surface area contributed by atoms with Gasteiger partial charge in [0.15, 0.2) is 5.76 Å². The third-order valence-electron chi connectivity index (χ3n) is 4.48. The van der Waals surface area contributed by atoms with E-state index in [1.165, 1.54) is 0 Å². The predicted octanol–water partition coefficient (Wildman–Crippen LogP) is 5.40. The molecule has 1 heterocycles. The molecule has 1 N–H and O–H groups in total. The molecule has 4 aromatic rings. The van der Waals surface area contributed by atoms with Gasteiger partial charge in [0, 0.05) is 11.1 Å². The highest BCUT2D eigenvalue weighted by molar-refractivity contribution is 5.74. The molecule has 128 valence electrons. The fraction of sp³-hybridized carbons (Fsp3) is 0.0870. The SMILES string of the molecule is Cc1ccc(C(O)c2c(-c3ccccc3)noc2-c2ccccc2)cc1. The Hall–Kier alpha value is -3.17. The van der Waals surface area contributed by atoms with E-state index < -0.39 is 6.10 Å². The first-order valence-corrected chi connectivity index (χ1v) is 8.59. The lowest BCUT2D eigenvalue weighted by Gasteiger charge is -2.13. The topological polar surface area (TPSA) is 46.3 Å². The van der Waals surface area contributed by atoms with Gasteiger partial charge >= 0.3 is 0 Å². The highest BCUT2D eigenvalue weighted by Crippen LogP contribution is 2.38. The molecule has 26 heavy (non-hydrogen) atoms. The number of nitrogens with zero attached hydrogens (tertiary/aromatic N) is 1. The van der Waals surface area contributed by atoms with Crippen LogP contribution in [0.1, 0.15) is 22.8 Å². The molecule has 4 rings (SSSR count). The highest BCUT2D eigenvalue weighted by Gasteiger charge is 2.26. The number of benzene rings is 3. The van der Waals surface area contributed by atoms with Crippen molar-refractivity contribution in [1.29, 1.82) is 0 Å². The van der Waals surface area contributed by atoms with Crippen molar-refractivity contribution < 1.29 is 9.63 Å². The summed E-state index contributed by atoms with van der Waals surface area (Å²) in [5.74, 6) is 0.595. The molecule has 1 aromatic heterocycles. The molecule has 0 radical (unpaired) electrons. The van der Waals surface area contributed by atoms with Crippen molar-refractivity contribution in [3.63, 3.8) is 0 Å². The number of aromatic nitrogens is 1. The minimum atomic E-state index is -0.827. The summed E-state index contributed by atoms with van der Waals surface area (Å²) in [6, 6.07) is 27.4. The van der Waals surface area contributed by atoms with Crippen LogP contribution in [0.2, 0.25) is 0 Å². The van der Waals surface area contributed by atoms with Crippen molar-refractivity contribution in [2.45, 2.75) is 13.0 Å². The zero-order valence-corrected chi connectivity index (χ0v) is 14.5. The lowest BCUT2D eigenvalue weighted by molar-refractivity contribution is 0.220. The molecule has 3 nitrogen and oxygen atoms in total. The molecule has 0 bridgehead atoms. The van der Waals surface area contributed by atoms with Crippen LogP contribution in [-0.4, -0.2) is 10.3 Å². The summed E-state index contributed by atoms with van der Waals surface area (Å²) in [6.07, 6.45) is -0.827. The number of hydrogen-bond donors (Lipinski definition) is 1. The normalized spacial score (nSPS) is 12.1. The minimum absolute atomic E-state index is 0.595. The Morgan fingerprint density at radius 2 is 1.35 bits per heavy atom. The quantitative estimate of drug-likeness (QED) is 0.541. The first kappa shape index (κ1) is 16.3. The Morgan fingerprint density at radius 1 is 0.769 bits per heavy atom. The molecule has 1 unspecified atom stereocenters. The predicted molar refractivity (Wildman–Crippen MR) is 103 cm³/mol. The smallest absolute Gasteiger partial charge is 0.173 e. The van der Waals surface area contributed by atoms with Gasteiger partial charge < -0.3 is 9.63 Å². The molecule has 0 fully saturated rings. The van der Waals surface area contributed by atoms with Gasteiger partial charge in [0.2, 0.25) is 0 Å². The molecule has 0 amide bonds. The van der Waals surface area contributed by atoms with Crippen molar-refractivity contribution in [3.05, 3.63) is 102 Å². The van der Waals surface area contributed by atoms with Gasteiger partial charge in [0.25, 0.3) is 0 Å². The minimum Gasteiger partial charge on any atom is -0.383 e. The van der Waals surface area contributed by atoms with Gasteiger partial charge in [-0.15, -0.1) is 0 Å². The number of aryl methyl sites for hydroxylation is 1. The van der Waals surface area contributed by atoms with E-state index in [4.69, 9.17) is 4.52 Å². The van der Waals surface area contributed by atoms with E-state index in [1.54, 1.807) is 0 Å². The van der Waals surface area contributed by atoms with Gasteiger partial charge in [-0.1, -0.05) is 95.6 Å². The number of aliphatic hydroxyl groups excluding tert-OH is 1. The second-order valence-electron chi connectivity index (χ2n) is 6.32. The van der Waals surface area contributed by atoms with Crippen LogP contribution in [0.25, 0.3) is 22.6 Å². The molecule has 3 heteroatoms. The van der Waals surface area contributed by atoms with E-state index in [0.717, 1.165) is 22.3 Å². The van der Waals surface area contributed by atoms with Crippen LogP contribution in [0.5, 0.6) is 0 Å². The molecule has 3 aromatic carbocycles. The fourth-order valence-electron chi connectivity index (χ4n) is 3.07. The van der Waals surface area contributed by atoms with Crippen molar-refractivity contribution in [2.75, 3.05) is 0 Å². The maximum atomic E-state index is 11.2. The van der Waals surface area contributed by atoms with Crippen molar-refractivity contribution >= 4 is 0 Å². The molecule has 0 aliphatic carbocycles.